The number of hydrogen-bond acceptors (Lipinski definition) is 4. The van der Waals surface area contributed by atoms with Crippen molar-refractivity contribution in [1.29, 1.82) is 0 Å². The summed E-state index contributed by atoms with van der Waals surface area (Å²) in [5.41, 5.74) is 0. The molecule has 2 aromatic carbocycles. The standard InChI is InChI=1S/C31H50O4Si3/c1-30(2,3)37(10,11)35-28-23-24(22-27(29(28)32)34-36(7,8)9)33-38(31(4,5)6,25-18-14-12-15-19-25)26-20-16-13-17-21-26/h12-21,24,27-28H,22-23H2,1-11H3/t24-,27?,28?/m1/s1. The third-order valence-corrected chi connectivity index (χ3v) is 18.7. The fourth-order valence-electron chi connectivity index (χ4n) is 5.22. The van der Waals surface area contributed by atoms with E-state index in [1.165, 1.54) is 10.4 Å². The van der Waals surface area contributed by atoms with Gasteiger partial charge in [0, 0.05) is 12.8 Å². The molecule has 0 aromatic heterocycles. The van der Waals surface area contributed by atoms with Crippen molar-refractivity contribution in [2.75, 3.05) is 0 Å². The van der Waals surface area contributed by atoms with Gasteiger partial charge >= 0.3 is 0 Å². The van der Waals surface area contributed by atoms with Crippen LogP contribution >= 0.6 is 0 Å². The SMILES string of the molecule is CC(C)(C)[Si](C)(C)OC1C[C@H](O[Si](c2ccccc2)(c2ccccc2)C(C)(C)C)CC(O[Si](C)(C)C)C1=O. The monoisotopic (exact) mass is 570 g/mol. The molecule has 0 amide bonds. The summed E-state index contributed by atoms with van der Waals surface area (Å²) in [6, 6.07) is 21.5. The van der Waals surface area contributed by atoms with Gasteiger partial charge in [-0.1, -0.05) is 102 Å². The van der Waals surface area contributed by atoms with E-state index in [1.807, 2.05) is 0 Å². The minimum absolute atomic E-state index is 0.00814. The first-order chi connectivity index (χ1) is 17.4. The van der Waals surface area contributed by atoms with E-state index in [9.17, 15) is 4.79 Å². The summed E-state index contributed by atoms with van der Waals surface area (Å²) in [6.45, 7) is 24.5. The Kier molecular flexibility index (Phi) is 9.23. The van der Waals surface area contributed by atoms with Crippen LogP contribution in [0.15, 0.2) is 60.7 Å². The molecule has 0 N–H and O–H groups in total. The smallest absolute Gasteiger partial charge is 0.261 e. The Bertz CT molecular complexity index is 1030. The zero-order valence-electron chi connectivity index (χ0n) is 25.6. The van der Waals surface area contributed by atoms with Crippen molar-refractivity contribution in [2.45, 2.75) is 116 Å². The number of carbonyl (C=O) groups excluding carboxylic acids is 1. The maximum Gasteiger partial charge on any atom is 0.261 e. The summed E-state index contributed by atoms with van der Waals surface area (Å²) < 4.78 is 20.8. The zero-order valence-corrected chi connectivity index (χ0v) is 28.6. The van der Waals surface area contributed by atoms with Crippen molar-refractivity contribution in [3.05, 3.63) is 60.7 Å². The Balaban J connectivity index is 2.10. The lowest BCUT2D eigenvalue weighted by Gasteiger charge is -2.48. The predicted molar refractivity (Wildman–Crippen MR) is 167 cm³/mol. The van der Waals surface area contributed by atoms with E-state index in [1.54, 1.807) is 0 Å². The molecule has 1 aliphatic rings. The molecule has 2 aromatic rings. The molecule has 38 heavy (non-hydrogen) atoms. The molecule has 0 spiro atoms. The zero-order chi connectivity index (χ0) is 28.6. The highest BCUT2D eigenvalue weighted by Crippen LogP contribution is 2.42. The Morgan fingerprint density at radius 3 is 1.42 bits per heavy atom. The highest BCUT2D eigenvalue weighted by molar-refractivity contribution is 6.99. The van der Waals surface area contributed by atoms with Crippen LogP contribution in [-0.4, -0.2) is 49.0 Å². The van der Waals surface area contributed by atoms with Crippen molar-refractivity contribution in [3.63, 3.8) is 0 Å². The Labute approximate surface area is 234 Å². The van der Waals surface area contributed by atoms with Crippen molar-refractivity contribution < 1.29 is 18.1 Å². The van der Waals surface area contributed by atoms with Crippen LogP contribution in [0.3, 0.4) is 0 Å². The van der Waals surface area contributed by atoms with Crippen LogP contribution in [0, 0.1) is 0 Å². The second-order valence-corrected chi connectivity index (χ2v) is 27.8. The first-order valence-electron chi connectivity index (χ1n) is 14.1. The van der Waals surface area contributed by atoms with Crippen molar-refractivity contribution >= 4 is 41.1 Å². The summed E-state index contributed by atoms with van der Waals surface area (Å²) >= 11 is 0. The van der Waals surface area contributed by atoms with Crippen molar-refractivity contribution in [1.82, 2.24) is 0 Å². The van der Waals surface area contributed by atoms with Gasteiger partial charge in [0.1, 0.15) is 12.2 Å². The fraction of sp³-hybridized carbons (Fsp3) is 0.581. The van der Waals surface area contributed by atoms with Gasteiger partial charge in [-0.05, 0) is 53.2 Å². The van der Waals surface area contributed by atoms with Gasteiger partial charge in [0.05, 0.1) is 6.10 Å². The number of benzene rings is 2. The van der Waals surface area contributed by atoms with Gasteiger partial charge in [0.15, 0.2) is 22.4 Å². The van der Waals surface area contributed by atoms with E-state index in [2.05, 4.69) is 135 Å². The lowest BCUT2D eigenvalue weighted by molar-refractivity contribution is -0.141. The molecule has 3 atom stereocenters. The molecule has 1 saturated carbocycles. The number of carbonyl (C=O) groups is 1. The first-order valence-corrected chi connectivity index (χ1v) is 22.3. The molecule has 7 heteroatoms. The summed E-state index contributed by atoms with van der Waals surface area (Å²) in [5.74, 6) is 0.0968. The molecule has 210 valence electrons. The lowest BCUT2D eigenvalue weighted by Crippen LogP contribution is -2.68. The highest BCUT2D eigenvalue weighted by atomic mass is 28.4. The normalized spacial score (nSPS) is 22.0. The van der Waals surface area contributed by atoms with Crippen LogP contribution in [0.5, 0.6) is 0 Å². The van der Waals surface area contributed by atoms with E-state index in [0.717, 1.165) is 0 Å². The molecule has 0 heterocycles. The van der Waals surface area contributed by atoms with Crippen LogP contribution in [0.4, 0.5) is 0 Å². The molecule has 1 aliphatic carbocycles. The number of rotatable bonds is 8. The van der Waals surface area contributed by atoms with E-state index in [4.69, 9.17) is 13.3 Å². The maximum atomic E-state index is 13.8. The molecule has 4 nitrogen and oxygen atoms in total. The molecular weight excluding hydrogens is 521 g/mol. The van der Waals surface area contributed by atoms with Crippen LogP contribution in [0.1, 0.15) is 54.4 Å². The molecule has 1 fully saturated rings. The van der Waals surface area contributed by atoms with Gasteiger partial charge in [0.25, 0.3) is 8.32 Å². The van der Waals surface area contributed by atoms with Gasteiger partial charge in [-0.3, -0.25) is 4.79 Å². The van der Waals surface area contributed by atoms with Crippen LogP contribution in [0.25, 0.3) is 0 Å². The van der Waals surface area contributed by atoms with Crippen molar-refractivity contribution in [3.8, 4) is 0 Å². The molecule has 0 saturated heterocycles. The molecule has 0 radical (unpaired) electrons. The summed E-state index contributed by atoms with van der Waals surface area (Å²) in [6.07, 6.45) is 0.00421. The second kappa shape index (κ2) is 11.3. The fourth-order valence-corrected chi connectivity index (χ4v) is 12.3. The van der Waals surface area contributed by atoms with Crippen LogP contribution < -0.4 is 10.4 Å². The first kappa shape index (κ1) is 31.2. The molecule has 0 bridgehead atoms. The van der Waals surface area contributed by atoms with E-state index < -0.39 is 37.2 Å². The van der Waals surface area contributed by atoms with E-state index >= 15 is 0 Å². The van der Waals surface area contributed by atoms with Crippen molar-refractivity contribution in [2.24, 2.45) is 0 Å². The lowest BCUT2D eigenvalue weighted by atomic mass is 9.91. The van der Waals surface area contributed by atoms with Gasteiger partial charge in [-0.2, -0.15) is 0 Å². The average molecular weight is 571 g/mol. The highest BCUT2D eigenvalue weighted by Gasteiger charge is 2.54. The minimum atomic E-state index is -2.77. The number of hydrogen-bond donors (Lipinski definition) is 0. The largest absolute Gasteiger partial charge is 0.408 e. The number of Topliss-reactive ketones (excluding diaryl/α,β-unsaturated/α-hetero) is 1. The topological polar surface area (TPSA) is 44.8 Å². The molecule has 2 unspecified atom stereocenters. The van der Waals surface area contributed by atoms with Crippen LogP contribution in [-0.2, 0) is 18.1 Å². The van der Waals surface area contributed by atoms with Crippen LogP contribution in [0.2, 0.25) is 42.8 Å². The molecule has 0 aliphatic heterocycles. The Morgan fingerprint density at radius 1 is 0.632 bits per heavy atom. The minimum Gasteiger partial charge on any atom is -0.408 e. The number of ketones is 1. The van der Waals surface area contributed by atoms with Gasteiger partial charge in [-0.15, -0.1) is 0 Å². The quantitative estimate of drug-likeness (QED) is 0.324. The third kappa shape index (κ3) is 6.85. The molecule has 3 rings (SSSR count). The van der Waals surface area contributed by atoms with Gasteiger partial charge in [0.2, 0.25) is 0 Å². The average Bonchev–Trinajstić information content (AvgIpc) is 2.79. The van der Waals surface area contributed by atoms with E-state index in [-0.39, 0.29) is 22.0 Å². The Morgan fingerprint density at radius 2 is 1.05 bits per heavy atom. The summed E-state index contributed by atoms with van der Waals surface area (Å²) in [7, 11) is -6.93. The molecular formula is C31H50O4Si3. The summed E-state index contributed by atoms with van der Waals surface area (Å²) in [5, 5.41) is 2.37. The maximum absolute atomic E-state index is 13.8. The third-order valence-electron chi connectivity index (χ3n) is 8.09. The van der Waals surface area contributed by atoms with Gasteiger partial charge < -0.3 is 13.3 Å². The summed E-state index contributed by atoms with van der Waals surface area (Å²) in [4.78, 5) is 13.8. The van der Waals surface area contributed by atoms with Gasteiger partial charge in [-0.25, -0.2) is 0 Å². The Hall–Kier alpha value is -1.36. The predicted octanol–water partition coefficient (Wildman–Crippen LogP) is 6.91. The van der Waals surface area contributed by atoms with E-state index in [0.29, 0.717) is 12.8 Å². The second-order valence-electron chi connectivity index (χ2n) is 14.4.